The van der Waals surface area contributed by atoms with Crippen LogP contribution in [0.5, 0.6) is 5.75 Å². The maximum absolute atomic E-state index is 13.4. The topological polar surface area (TPSA) is 59.4 Å². The van der Waals surface area contributed by atoms with Gasteiger partial charge in [0, 0.05) is 5.56 Å². The fraction of sp³-hybridized carbons (Fsp3) is 0.286. The second kappa shape index (κ2) is 5.58. The minimum absolute atomic E-state index is 0.00782. The highest BCUT2D eigenvalue weighted by molar-refractivity contribution is 7.17. The van der Waals surface area contributed by atoms with Gasteiger partial charge >= 0.3 is 5.97 Å². The van der Waals surface area contributed by atoms with Gasteiger partial charge in [-0.3, -0.25) is 0 Å². The predicted molar refractivity (Wildman–Crippen MR) is 75.1 cm³/mol. The average molecular weight is 295 g/mol. The van der Waals surface area contributed by atoms with E-state index in [1.54, 1.807) is 6.07 Å². The summed E-state index contributed by atoms with van der Waals surface area (Å²) in [5.74, 6) is -1.34. The van der Waals surface area contributed by atoms with Crippen LogP contribution in [-0.2, 0) is 0 Å². The number of carboxylic acids is 1. The molecule has 0 aliphatic rings. The number of methoxy groups -OCH3 is 1. The van der Waals surface area contributed by atoms with Crippen LogP contribution in [0.4, 0.5) is 4.39 Å². The molecule has 0 spiro atoms. The first-order valence-electron chi connectivity index (χ1n) is 6.02. The minimum Gasteiger partial charge on any atom is -0.494 e. The predicted octanol–water partition coefficient (Wildman–Crippen LogP) is 3.78. The third kappa shape index (κ3) is 2.65. The van der Waals surface area contributed by atoms with Crippen molar-refractivity contribution < 1.29 is 19.0 Å². The van der Waals surface area contributed by atoms with E-state index in [4.69, 9.17) is 4.74 Å². The smallest absolute Gasteiger partial charge is 0.347 e. The Balaban J connectivity index is 2.53. The van der Waals surface area contributed by atoms with Crippen molar-refractivity contribution in [3.8, 4) is 16.3 Å². The molecule has 0 amide bonds. The molecule has 2 rings (SSSR count). The Kier molecular flexibility index (Phi) is 4.04. The van der Waals surface area contributed by atoms with E-state index in [-0.39, 0.29) is 16.5 Å². The standard InChI is InChI=1S/C14H14FNO3S/c1-7(2)11-12(14(17)18)20-13(16-11)8-4-5-9(15)10(6-8)19-3/h4-7H,1-3H3,(H,17,18). The van der Waals surface area contributed by atoms with Gasteiger partial charge in [0.05, 0.1) is 12.8 Å². The molecular formula is C14H14FNO3S. The number of aromatic nitrogens is 1. The lowest BCUT2D eigenvalue weighted by molar-refractivity contribution is 0.0700. The van der Waals surface area contributed by atoms with Gasteiger partial charge in [-0.1, -0.05) is 13.8 Å². The Morgan fingerprint density at radius 1 is 1.45 bits per heavy atom. The lowest BCUT2D eigenvalue weighted by Gasteiger charge is -2.03. The normalized spacial score (nSPS) is 10.8. The first-order valence-corrected chi connectivity index (χ1v) is 6.83. The van der Waals surface area contributed by atoms with Crippen LogP contribution in [0.1, 0.15) is 35.1 Å². The number of carbonyl (C=O) groups is 1. The second-order valence-electron chi connectivity index (χ2n) is 4.54. The molecule has 0 atom stereocenters. The van der Waals surface area contributed by atoms with Crippen LogP contribution in [0.3, 0.4) is 0 Å². The van der Waals surface area contributed by atoms with Crippen molar-refractivity contribution in [1.82, 2.24) is 4.98 Å². The van der Waals surface area contributed by atoms with E-state index in [1.165, 1.54) is 19.2 Å². The van der Waals surface area contributed by atoms with Gasteiger partial charge in [0.15, 0.2) is 11.6 Å². The van der Waals surface area contributed by atoms with Gasteiger partial charge in [-0.15, -0.1) is 11.3 Å². The van der Waals surface area contributed by atoms with Gasteiger partial charge in [-0.05, 0) is 24.1 Å². The maximum Gasteiger partial charge on any atom is 0.347 e. The number of halogens is 1. The molecule has 2 aromatic rings. The highest BCUT2D eigenvalue weighted by Gasteiger charge is 2.20. The summed E-state index contributed by atoms with van der Waals surface area (Å²) in [4.78, 5) is 15.8. The zero-order valence-corrected chi connectivity index (χ0v) is 12.1. The zero-order valence-electron chi connectivity index (χ0n) is 11.3. The fourth-order valence-corrected chi connectivity index (χ4v) is 2.85. The number of benzene rings is 1. The number of hydrogen-bond acceptors (Lipinski definition) is 4. The minimum atomic E-state index is -0.994. The second-order valence-corrected chi connectivity index (χ2v) is 5.54. The quantitative estimate of drug-likeness (QED) is 0.932. The van der Waals surface area contributed by atoms with E-state index in [9.17, 15) is 14.3 Å². The molecule has 1 aromatic carbocycles. The summed E-state index contributed by atoms with van der Waals surface area (Å²) in [6.07, 6.45) is 0. The molecule has 0 saturated carbocycles. The third-order valence-electron chi connectivity index (χ3n) is 2.79. The van der Waals surface area contributed by atoms with E-state index in [0.29, 0.717) is 16.3 Å². The van der Waals surface area contributed by atoms with Crippen LogP contribution >= 0.6 is 11.3 Å². The molecule has 0 fully saturated rings. The summed E-state index contributed by atoms with van der Waals surface area (Å²) in [5.41, 5.74) is 1.18. The maximum atomic E-state index is 13.4. The molecule has 106 valence electrons. The van der Waals surface area contributed by atoms with Crippen molar-refractivity contribution in [3.05, 3.63) is 34.6 Å². The monoisotopic (exact) mass is 295 g/mol. The van der Waals surface area contributed by atoms with Crippen LogP contribution in [0, 0.1) is 5.82 Å². The summed E-state index contributed by atoms with van der Waals surface area (Å²) in [5, 5.41) is 9.75. The van der Waals surface area contributed by atoms with Crippen LogP contribution < -0.4 is 4.74 Å². The van der Waals surface area contributed by atoms with Gasteiger partial charge < -0.3 is 9.84 Å². The van der Waals surface area contributed by atoms with Crippen LogP contribution in [0.15, 0.2) is 18.2 Å². The number of carboxylic acid groups (broad SMARTS) is 1. The van der Waals surface area contributed by atoms with Crippen molar-refractivity contribution in [3.63, 3.8) is 0 Å². The van der Waals surface area contributed by atoms with Crippen molar-refractivity contribution in [1.29, 1.82) is 0 Å². The highest BCUT2D eigenvalue weighted by Crippen LogP contribution is 2.33. The van der Waals surface area contributed by atoms with E-state index in [1.807, 2.05) is 13.8 Å². The van der Waals surface area contributed by atoms with Crippen LogP contribution in [-0.4, -0.2) is 23.2 Å². The third-order valence-corrected chi connectivity index (χ3v) is 3.90. The van der Waals surface area contributed by atoms with Gasteiger partial charge in [-0.25, -0.2) is 14.2 Å². The molecule has 0 bridgehead atoms. The Morgan fingerprint density at radius 3 is 2.65 bits per heavy atom. The van der Waals surface area contributed by atoms with Crippen LogP contribution in [0.2, 0.25) is 0 Å². The van der Waals surface area contributed by atoms with E-state index in [2.05, 4.69) is 4.98 Å². The first-order chi connectivity index (χ1) is 9.43. The van der Waals surface area contributed by atoms with Gasteiger partial charge in [-0.2, -0.15) is 0 Å². The number of nitrogens with zero attached hydrogens (tertiary/aromatic N) is 1. The molecule has 0 aliphatic heterocycles. The molecule has 1 heterocycles. The Labute approximate surface area is 119 Å². The first kappa shape index (κ1) is 14.5. The zero-order chi connectivity index (χ0) is 14.9. The van der Waals surface area contributed by atoms with Crippen molar-refractivity contribution in [2.24, 2.45) is 0 Å². The lowest BCUT2D eigenvalue weighted by atomic mass is 10.1. The van der Waals surface area contributed by atoms with E-state index < -0.39 is 11.8 Å². The largest absolute Gasteiger partial charge is 0.494 e. The Hall–Kier alpha value is -1.95. The number of aromatic carboxylic acids is 1. The molecular weight excluding hydrogens is 281 g/mol. The molecule has 4 nitrogen and oxygen atoms in total. The van der Waals surface area contributed by atoms with Gasteiger partial charge in [0.2, 0.25) is 0 Å². The van der Waals surface area contributed by atoms with E-state index in [0.717, 1.165) is 11.3 Å². The molecule has 1 N–H and O–H groups in total. The Bertz CT molecular complexity index is 652. The summed E-state index contributed by atoms with van der Waals surface area (Å²) in [6, 6.07) is 4.36. The molecule has 0 unspecified atom stereocenters. The SMILES string of the molecule is COc1cc(-c2nc(C(C)C)c(C(=O)O)s2)ccc1F. The van der Waals surface area contributed by atoms with Crippen molar-refractivity contribution in [2.75, 3.05) is 7.11 Å². The van der Waals surface area contributed by atoms with E-state index >= 15 is 0 Å². The molecule has 20 heavy (non-hydrogen) atoms. The summed E-state index contributed by atoms with van der Waals surface area (Å²) < 4.78 is 18.3. The Morgan fingerprint density at radius 2 is 2.15 bits per heavy atom. The number of ether oxygens (including phenoxy) is 1. The summed E-state index contributed by atoms with van der Waals surface area (Å²) >= 11 is 1.09. The molecule has 0 saturated heterocycles. The van der Waals surface area contributed by atoms with Crippen molar-refractivity contribution >= 4 is 17.3 Å². The number of hydrogen-bond donors (Lipinski definition) is 1. The fourth-order valence-electron chi connectivity index (χ4n) is 1.79. The highest BCUT2D eigenvalue weighted by atomic mass is 32.1. The lowest BCUT2D eigenvalue weighted by Crippen LogP contribution is -2.00. The summed E-state index contributed by atoms with van der Waals surface area (Å²) in [7, 11) is 1.38. The summed E-state index contributed by atoms with van der Waals surface area (Å²) in [6.45, 7) is 3.77. The number of thiazole rings is 1. The molecule has 0 radical (unpaired) electrons. The van der Waals surface area contributed by atoms with Gasteiger partial charge in [0.25, 0.3) is 0 Å². The molecule has 6 heteroatoms. The number of rotatable bonds is 4. The molecule has 0 aliphatic carbocycles. The van der Waals surface area contributed by atoms with Crippen molar-refractivity contribution in [2.45, 2.75) is 19.8 Å². The average Bonchev–Trinajstić information content (AvgIpc) is 2.84. The van der Waals surface area contributed by atoms with Crippen LogP contribution in [0.25, 0.3) is 10.6 Å². The molecule has 1 aromatic heterocycles. The van der Waals surface area contributed by atoms with Gasteiger partial charge in [0.1, 0.15) is 9.88 Å².